The van der Waals surface area contributed by atoms with E-state index in [9.17, 15) is 5.11 Å². The van der Waals surface area contributed by atoms with E-state index in [1.807, 2.05) is 30.3 Å². The Balaban J connectivity index is 2.42. The Labute approximate surface area is 84.5 Å². The van der Waals surface area contributed by atoms with Gasteiger partial charge in [-0.1, -0.05) is 30.3 Å². The van der Waals surface area contributed by atoms with Crippen molar-refractivity contribution in [2.75, 3.05) is 0 Å². The van der Waals surface area contributed by atoms with Gasteiger partial charge in [0.2, 0.25) is 0 Å². The summed E-state index contributed by atoms with van der Waals surface area (Å²) in [5.41, 5.74) is 1.19. The lowest BCUT2D eigenvalue weighted by Crippen LogP contribution is -1.97. The van der Waals surface area contributed by atoms with Crippen molar-refractivity contribution in [1.29, 1.82) is 0 Å². The van der Waals surface area contributed by atoms with Gasteiger partial charge in [-0.25, -0.2) is 0 Å². The van der Waals surface area contributed by atoms with E-state index in [0.29, 0.717) is 6.42 Å². The molecule has 1 rings (SSSR count). The van der Waals surface area contributed by atoms with Gasteiger partial charge in [0.15, 0.2) is 0 Å². The number of hydrogen-bond donors (Lipinski definition) is 2. The fourth-order valence-electron chi connectivity index (χ4n) is 1.28. The Bertz CT molecular complexity index is 288. The Hall–Kier alpha value is -1.28. The van der Waals surface area contributed by atoms with Crippen molar-refractivity contribution < 1.29 is 10.2 Å². The van der Waals surface area contributed by atoms with E-state index in [1.165, 1.54) is 11.6 Å². The van der Waals surface area contributed by atoms with Crippen LogP contribution >= 0.6 is 0 Å². The van der Waals surface area contributed by atoms with E-state index >= 15 is 0 Å². The molecule has 1 aromatic rings. The molecule has 0 radical (unpaired) electrons. The predicted molar refractivity (Wildman–Crippen MR) is 57.2 cm³/mol. The highest BCUT2D eigenvalue weighted by atomic mass is 16.3. The number of benzene rings is 1. The molecule has 0 saturated heterocycles. The molecule has 0 bridgehead atoms. The Morgan fingerprint density at radius 1 is 1.36 bits per heavy atom. The van der Waals surface area contributed by atoms with Crippen LogP contribution in [0.1, 0.15) is 18.9 Å². The minimum absolute atomic E-state index is 0.254. The second-order valence-corrected chi connectivity index (χ2v) is 3.38. The summed E-state index contributed by atoms with van der Waals surface area (Å²) < 4.78 is 0. The first kappa shape index (κ1) is 10.8. The second kappa shape index (κ2) is 5.45. The molecule has 2 nitrogen and oxygen atoms in total. The molecule has 2 heteroatoms. The molecule has 1 atom stereocenters. The van der Waals surface area contributed by atoms with Crippen molar-refractivity contribution in [3.05, 3.63) is 47.7 Å². The van der Waals surface area contributed by atoms with Gasteiger partial charge >= 0.3 is 0 Å². The van der Waals surface area contributed by atoms with Crippen LogP contribution < -0.4 is 0 Å². The van der Waals surface area contributed by atoms with Crippen LogP contribution in [-0.2, 0) is 6.42 Å². The average Bonchev–Trinajstić information content (AvgIpc) is 2.15. The summed E-state index contributed by atoms with van der Waals surface area (Å²) in [7, 11) is 0. The van der Waals surface area contributed by atoms with E-state index in [4.69, 9.17) is 5.11 Å². The van der Waals surface area contributed by atoms with Gasteiger partial charge in [-0.3, -0.25) is 0 Å². The summed E-state index contributed by atoms with van der Waals surface area (Å²) in [5, 5.41) is 18.4. The quantitative estimate of drug-likeness (QED) is 0.719. The molecule has 0 aliphatic rings. The van der Waals surface area contributed by atoms with Crippen molar-refractivity contribution in [2.24, 2.45) is 0 Å². The van der Waals surface area contributed by atoms with Gasteiger partial charge < -0.3 is 10.2 Å². The molecule has 2 N–H and O–H groups in total. The maximum absolute atomic E-state index is 9.38. The van der Waals surface area contributed by atoms with E-state index in [2.05, 4.69) is 0 Å². The third kappa shape index (κ3) is 4.10. The molecular formula is C12H16O2. The second-order valence-electron chi connectivity index (χ2n) is 3.38. The molecule has 0 spiro atoms. The lowest BCUT2D eigenvalue weighted by molar-refractivity contribution is 0.235. The zero-order chi connectivity index (χ0) is 10.4. The first-order valence-corrected chi connectivity index (χ1v) is 4.80. The number of aliphatic hydroxyl groups is 2. The molecule has 14 heavy (non-hydrogen) atoms. The smallest absolute Gasteiger partial charge is 0.0911 e. The Kier molecular flexibility index (Phi) is 4.20. The molecule has 1 unspecified atom stereocenters. The Morgan fingerprint density at radius 2 is 2.00 bits per heavy atom. The van der Waals surface area contributed by atoms with Crippen LogP contribution in [0, 0.1) is 0 Å². The van der Waals surface area contributed by atoms with Gasteiger partial charge in [-0.15, -0.1) is 0 Å². The summed E-state index contributed by atoms with van der Waals surface area (Å²) in [4.78, 5) is 0. The molecule has 0 heterocycles. The van der Waals surface area contributed by atoms with E-state index in [-0.39, 0.29) is 5.76 Å². The van der Waals surface area contributed by atoms with Gasteiger partial charge in [0.25, 0.3) is 0 Å². The van der Waals surface area contributed by atoms with Gasteiger partial charge in [-0.05, 0) is 25.0 Å². The fraction of sp³-hybridized carbons (Fsp3) is 0.333. The van der Waals surface area contributed by atoms with Crippen molar-refractivity contribution in [2.45, 2.75) is 25.9 Å². The highest BCUT2D eigenvalue weighted by Crippen LogP contribution is 2.07. The summed E-state index contributed by atoms with van der Waals surface area (Å²) in [6.45, 7) is 1.62. The van der Waals surface area contributed by atoms with Crippen molar-refractivity contribution in [3.8, 4) is 0 Å². The summed E-state index contributed by atoms with van der Waals surface area (Å²) in [6, 6.07) is 9.97. The minimum atomic E-state index is -0.578. The predicted octanol–water partition coefficient (Wildman–Crippen LogP) is 2.44. The fourth-order valence-corrected chi connectivity index (χ4v) is 1.28. The molecule has 0 aliphatic carbocycles. The van der Waals surface area contributed by atoms with Crippen molar-refractivity contribution in [3.63, 3.8) is 0 Å². The zero-order valence-corrected chi connectivity index (χ0v) is 8.35. The highest BCUT2D eigenvalue weighted by molar-refractivity contribution is 5.15. The van der Waals surface area contributed by atoms with E-state index in [0.717, 1.165) is 6.42 Å². The monoisotopic (exact) mass is 192 g/mol. The first-order valence-electron chi connectivity index (χ1n) is 4.80. The van der Waals surface area contributed by atoms with Crippen LogP contribution in [0.5, 0.6) is 0 Å². The molecule has 0 fully saturated rings. The number of allylic oxidation sites excluding steroid dienone is 1. The van der Waals surface area contributed by atoms with E-state index < -0.39 is 6.10 Å². The maximum atomic E-state index is 9.38. The van der Waals surface area contributed by atoms with Crippen LogP contribution in [0.25, 0.3) is 0 Å². The number of aliphatic hydroxyl groups excluding tert-OH is 2. The summed E-state index contributed by atoms with van der Waals surface area (Å²) in [6.07, 6.45) is 2.26. The Morgan fingerprint density at radius 3 is 2.57 bits per heavy atom. The van der Waals surface area contributed by atoms with E-state index in [1.54, 1.807) is 6.92 Å². The van der Waals surface area contributed by atoms with Gasteiger partial charge in [-0.2, -0.15) is 0 Å². The van der Waals surface area contributed by atoms with Crippen LogP contribution in [0.4, 0.5) is 0 Å². The number of rotatable bonds is 4. The third-order valence-electron chi connectivity index (χ3n) is 1.95. The number of hydrogen-bond acceptors (Lipinski definition) is 2. The van der Waals surface area contributed by atoms with Crippen molar-refractivity contribution in [1.82, 2.24) is 0 Å². The highest BCUT2D eigenvalue weighted by Gasteiger charge is 1.97. The van der Waals surface area contributed by atoms with Crippen LogP contribution in [0.3, 0.4) is 0 Å². The van der Waals surface area contributed by atoms with Gasteiger partial charge in [0.1, 0.15) is 0 Å². The molecule has 0 aromatic heterocycles. The average molecular weight is 192 g/mol. The normalized spacial score (nSPS) is 14.0. The maximum Gasteiger partial charge on any atom is 0.0911 e. The summed E-state index contributed by atoms with van der Waals surface area (Å²) >= 11 is 0. The molecule has 0 aliphatic heterocycles. The van der Waals surface area contributed by atoms with Crippen LogP contribution in [-0.4, -0.2) is 16.3 Å². The lowest BCUT2D eigenvalue weighted by atomic mass is 10.1. The number of aryl methyl sites for hydroxylation is 1. The van der Waals surface area contributed by atoms with Crippen LogP contribution in [0.2, 0.25) is 0 Å². The van der Waals surface area contributed by atoms with Crippen LogP contribution in [0.15, 0.2) is 42.2 Å². The SMILES string of the molecule is CC(O)/C=C(\O)CCc1ccccc1. The standard InChI is InChI=1S/C12H16O2/c1-10(13)9-12(14)8-7-11-5-3-2-4-6-11/h2-6,9-10,13-14H,7-8H2,1H3/b12-9-. The lowest BCUT2D eigenvalue weighted by Gasteiger charge is -2.02. The summed E-state index contributed by atoms with van der Waals surface area (Å²) in [5.74, 6) is 0.254. The minimum Gasteiger partial charge on any atom is -0.513 e. The topological polar surface area (TPSA) is 40.5 Å². The molecule has 76 valence electrons. The van der Waals surface area contributed by atoms with Gasteiger partial charge in [0, 0.05) is 6.42 Å². The van der Waals surface area contributed by atoms with Gasteiger partial charge in [0.05, 0.1) is 11.9 Å². The first-order chi connectivity index (χ1) is 6.68. The largest absolute Gasteiger partial charge is 0.513 e. The third-order valence-corrected chi connectivity index (χ3v) is 1.95. The molecule has 1 aromatic carbocycles. The van der Waals surface area contributed by atoms with Crippen molar-refractivity contribution >= 4 is 0 Å². The molecule has 0 saturated carbocycles. The molecular weight excluding hydrogens is 176 g/mol. The zero-order valence-electron chi connectivity index (χ0n) is 8.35. The molecule has 0 amide bonds.